The number of pyridine rings is 1. The first kappa shape index (κ1) is 13.2. The number of hydrogen-bond donors (Lipinski definition) is 1. The van der Waals surface area contributed by atoms with Crippen molar-refractivity contribution in [3.63, 3.8) is 0 Å². The lowest BCUT2D eigenvalue weighted by atomic mass is 10.1. The summed E-state index contributed by atoms with van der Waals surface area (Å²) in [7, 11) is 0. The molecule has 3 rings (SSSR count). The van der Waals surface area contributed by atoms with E-state index < -0.39 is 0 Å². The zero-order chi connectivity index (χ0) is 13.4. The highest BCUT2D eigenvalue weighted by atomic mass is 79.9. The smallest absolute Gasteiger partial charge is 0.230 e. The lowest BCUT2D eigenvalue weighted by molar-refractivity contribution is 0.353. The Kier molecular flexibility index (Phi) is 3.68. The Hall–Kier alpha value is -0.790. The molecule has 5 nitrogen and oxygen atoms in total. The number of rotatable bonds is 2. The van der Waals surface area contributed by atoms with Gasteiger partial charge in [0.25, 0.3) is 0 Å². The van der Waals surface area contributed by atoms with Crippen LogP contribution in [0.2, 0.25) is 0 Å². The molecule has 0 aromatic carbocycles. The summed E-state index contributed by atoms with van der Waals surface area (Å²) in [5.74, 6) is 1.46. The fourth-order valence-corrected chi connectivity index (χ4v) is 3.48. The van der Waals surface area contributed by atoms with Gasteiger partial charge in [0.2, 0.25) is 11.7 Å². The molecule has 0 unspecified atom stereocenters. The summed E-state index contributed by atoms with van der Waals surface area (Å²) in [6.07, 6.45) is 4.65. The first-order valence-corrected chi connectivity index (χ1v) is 7.62. The molecule has 1 saturated carbocycles. The molecular weight excluding hydrogens is 376 g/mol. The molecule has 100 valence electrons. The third-order valence-electron chi connectivity index (χ3n) is 3.28. The Morgan fingerprint density at radius 3 is 2.84 bits per heavy atom. The summed E-state index contributed by atoms with van der Waals surface area (Å²) >= 11 is 6.82. The van der Waals surface area contributed by atoms with Crippen molar-refractivity contribution in [2.75, 3.05) is 0 Å². The fraction of sp³-hybridized carbons (Fsp3) is 0.417. The Balaban J connectivity index is 1.88. The van der Waals surface area contributed by atoms with E-state index in [9.17, 15) is 0 Å². The van der Waals surface area contributed by atoms with Crippen LogP contribution in [0.3, 0.4) is 0 Å². The van der Waals surface area contributed by atoms with Gasteiger partial charge in [-0.2, -0.15) is 4.98 Å². The fourth-order valence-electron chi connectivity index (χ4n) is 2.32. The molecule has 7 heteroatoms. The van der Waals surface area contributed by atoms with Crippen LogP contribution in [-0.2, 0) is 0 Å². The summed E-state index contributed by atoms with van der Waals surface area (Å²) in [6.45, 7) is 0. The summed E-state index contributed by atoms with van der Waals surface area (Å²) in [5, 5.41) is 4.01. The Morgan fingerprint density at radius 2 is 2.16 bits per heavy atom. The van der Waals surface area contributed by atoms with Gasteiger partial charge in [0.15, 0.2) is 0 Å². The van der Waals surface area contributed by atoms with E-state index in [0.29, 0.717) is 17.4 Å². The Morgan fingerprint density at radius 1 is 1.32 bits per heavy atom. The molecular formula is C12H12Br2N4O. The molecule has 0 bridgehead atoms. The highest BCUT2D eigenvalue weighted by molar-refractivity contribution is 9.11. The van der Waals surface area contributed by atoms with Gasteiger partial charge in [-0.25, -0.2) is 0 Å². The quantitative estimate of drug-likeness (QED) is 0.855. The van der Waals surface area contributed by atoms with Gasteiger partial charge in [-0.3, -0.25) is 4.98 Å². The third kappa shape index (κ3) is 2.73. The van der Waals surface area contributed by atoms with E-state index in [1.165, 1.54) is 0 Å². The number of halogens is 2. The van der Waals surface area contributed by atoms with Gasteiger partial charge in [0, 0.05) is 27.1 Å². The van der Waals surface area contributed by atoms with E-state index in [0.717, 1.165) is 28.2 Å². The number of aromatic nitrogens is 3. The van der Waals surface area contributed by atoms with Gasteiger partial charge in [0.05, 0.1) is 0 Å². The van der Waals surface area contributed by atoms with Crippen LogP contribution in [0.25, 0.3) is 11.5 Å². The predicted octanol–water partition coefficient (Wildman–Crippen LogP) is 3.25. The third-order valence-corrected chi connectivity index (χ3v) is 4.32. The molecule has 0 spiro atoms. The van der Waals surface area contributed by atoms with Crippen molar-refractivity contribution >= 4 is 31.9 Å². The zero-order valence-electron chi connectivity index (χ0n) is 10.0. The van der Waals surface area contributed by atoms with Crippen molar-refractivity contribution in [2.45, 2.75) is 31.2 Å². The van der Waals surface area contributed by atoms with Crippen LogP contribution in [0, 0.1) is 0 Å². The van der Waals surface area contributed by atoms with Gasteiger partial charge in [-0.05, 0) is 57.2 Å². The first-order valence-electron chi connectivity index (χ1n) is 6.04. The predicted molar refractivity (Wildman–Crippen MR) is 77.5 cm³/mol. The largest absolute Gasteiger partial charge is 0.339 e. The van der Waals surface area contributed by atoms with Crippen LogP contribution in [-0.4, -0.2) is 21.2 Å². The van der Waals surface area contributed by atoms with Crippen LogP contribution in [0.1, 0.15) is 31.1 Å². The molecule has 2 aromatic rings. The summed E-state index contributed by atoms with van der Waals surface area (Å²) in [6, 6.07) is 2.15. The summed E-state index contributed by atoms with van der Waals surface area (Å²) in [4.78, 5) is 8.75. The van der Waals surface area contributed by atoms with E-state index in [4.69, 9.17) is 10.3 Å². The molecule has 2 N–H and O–H groups in total. The Labute approximate surface area is 127 Å². The minimum absolute atomic E-state index is 0.248. The lowest BCUT2D eigenvalue weighted by Gasteiger charge is -2.01. The number of nitrogens with two attached hydrogens (primary N) is 1. The first-order chi connectivity index (χ1) is 9.13. The molecule has 0 aliphatic heterocycles. The lowest BCUT2D eigenvalue weighted by Crippen LogP contribution is -2.14. The molecule has 2 heterocycles. The maximum absolute atomic E-state index is 5.91. The van der Waals surface area contributed by atoms with Gasteiger partial charge in [-0.1, -0.05) is 5.16 Å². The van der Waals surface area contributed by atoms with E-state index in [-0.39, 0.29) is 12.0 Å². The van der Waals surface area contributed by atoms with E-state index in [1.54, 1.807) is 6.20 Å². The highest BCUT2D eigenvalue weighted by Crippen LogP contribution is 2.34. The van der Waals surface area contributed by atoms with Crippen LogP contribution in [0.4, 0.5) is 0 Å². The summed E-state index contributed by atoms with van der Waals surface area (Å²) in [5.41, 5.74) is 6.59. The Bertz CT molecular complexity index is 601. The van der Waals surface area contributed by atoms with E-state index in [1.807, 2.05) is 6.07 Å². The maximum Gasteiger partial charge on any atom is 0.230 e. The van der Waals surface area contributed by atoms with Crippen LogP contribution in [0.15, 0.2) is 25.7 Å². The molecule has 1 fully saturated rings. The molecule has 0 amide bonds. The van der Waals surface area contributed by atoms with Crippen molar-refractivity contribution in [3.8, 4) is 11.5 Å². The van der Waals surface area contributed by atoms with Crippen LogP contribution in [0.5, 0.6) is 0 Å². The van der Waals surface area contributed by atoms with Crippen molar-refractivity contribution in [1.82, 2.24) is 15.1 Å². The normalized spacial score (nSPS) is 22.9. The van der Waals surface area contributed by atoms with Crippen LogP contribution < -0.4 is 5.73 Å². The monoisotopic (exact) mass is 386 g/mol. The van der Waals surface area contributed by atoms with Gasteiger partial charge >= 0.3 is 0 Å². The molecule has 0 saturated heterocycles. The minimum Gasteiger partial charge on any atom is -0.339 e. The molecule has 19 heavy (non-hydrogen) atoms. The molecule has 1 aliphatic carbocycles. The molecule has 1 aliphatic rings. The van der Waals surface area contributed by atoms with Crippen molar-refractivity contribution < 1.29 is 4.52 Å². The molecule has 0 radical (unpaired) electrons. The average molecular weight is 388 g/mol. The van der Waals surface area contributed by atoms with Gasteiger partial charge < -0.3 is 10.3 Å². The van der Waals surface area contributed by atoms with Crippen molar-refractivity contribution in [3.05, 3.63) is 27.1 Å². The average Bonchev–Trinajstić information content (AvgIpc) is 2.97. The minimum atomic E-state index is 0.248. The standard InChI is InChI=1S/C12H12Br2N4O/c13-7-4-9(14)10(16-5-7)11-17-12(19-18-11)6-1-2-8(15)3-6/h4-6,8H,1-3,15H2/t6-,8+/m1/s1. The second-order valence-corrected chi connectivity index (χ2v) is 6.48. The summed E-state index contributed by atoms with van der Waals surface area (Å²) < 4.78 is 7.08. The maximum atomic E-state index is 5.91. The number of nitrogens with zero attached hydrogens (tertiary/aromatic N) is 3. The van der Waals surface area contributed by atoms with Gasteiger partial charge in [0.1, 0.15) is 5.69 Å². The van der Waals surface area contributed by atoms with Crippen molar-refractivity contribution in [1.29, 1.82) is 0 Å². The van der Waals surface area contributed by atoms with Crippen molar-refractivity contribution in [2.24, 2.45) is 5.73 Å². The molecule has 2 aromatic heterocycles. The highest BCUT2D eigenvalue weighted by Gasteiger charge is 2.28. The van der Waals surface area contributed by atoms with Gasteiger partial charge in [-0.15, -0.1) is 0 Å². The second-order valence-electron chi connectivity index (χ2n) is 4.71. The number of hydrogen-bond acceptors (Lipinski definition) is 5. The van der Waals surface area contributed by atoms with Crippen LogP contribution >= 0.6 is 31.9 Å². The topological polar surface area (TPSA) is 77.8 Å². The second kappa shape index (κ2) is 5.30. The van der Waals surface area contributed by atoms with E-state index in [2.05, 4.69) is 47.0 Å². The molecule has 2 atom stereocenters. The SMILES string of the molecule is N[C@H]1CC[C@@H](c2nc(-c3ncc(Br)cc3Br)no2)C1. The zero-order valence-corrected chi connectivity index (χ0v) is 13.2. The van der Waals surface area contributed by atoms with E-state index >= 15 is 0 Å².